The van der Waals surface area contributed by atoms with Gasteiger partial charge in [-0.25, -0.2) is 0 Å². The Kier molecular flexibility index (Phi) is 4.39. The van der Waals surface area contributed by atoms with E-state index in [0.717, 1.165) is 22.6 Å². The molecule has 0 amide bonds. The number of hydroxylamine groups is 1. The van der Waals surface area contributed by atoms with Gasteiger partial charge in [0, 0.05) is 12.1 Å². The molecule has 4 heteroatoms. The molecule has 1 aromatic carbocycles. The maximum atomic E-state index is 5.30. The summed E-state index contributed by atoms with van der Waals surface area (Å²) in [6, 6.07) is 3.97. The summed E-state index contributed by atoms with van der Waals surface area (Å²) in [7, 11) is 4.84. The van der Waals surface area contributed by atoms with Gasteiger partial charge in [0.2, 0.25) is 0 Å². The Labute approximate surface area is 90.1 Å². The fraction of sp³-hybridized carbons (Fsp3) is 0.455. The average molecular weight is 211 g/mol. The zero-order valence-corrected chi connectivity index (χ0v) is 9.59. The van der Waals surface area contributed by atoms with Crippen LogP contribution in [-0.4, -0.2) is 21.3 Å². The number of ether oxygens (including phenoxy) is 2. The standard InChI is InChI=1S/C11H17NO3/c1-8-5-9(7-12-15-4)11(14-3)10(6-8)13-2/h5-6,12H,7H2,1-4H3. The monoisotopic (exact) mass is 211 g/mol. The first-order chi connectivity index (χ1) is 7.22. The van der Waals surface area contributed by atoms with Gasteiger partial charge in [0.25, 0.3) is 0 Å². The normalized spacial score (nSPS) is 10.1. The smallest absolute Gasteiger partial charge is 0.165 e. The Morgan fingerprint density at radius 3 is 2.40 bits per heavy atom. The predicted octanol–water partition coefficient (Wildman–Crippen LogP) is 1.66. The fourth-order valence-electron chi connectivity index (χ4n) is 1.48. The molecule has 0 saturated heterocycles. The van der Waals surface area contributed by atoms with Gasteiger partial charge in [-0.1, -0.05) is 6.07 Å². The molecule has 84 valence electrons. The first-order valence-corrected chi connectivity index (χ1v) is 4.70. The molecule has 0 atom stereocenters. The molecule has 1 N–H and O–H groups in total. The topological polar surface area (TPSA) is 39.7 Å². The Balaban J connectivity index is 3.05. The third kappa shape index (κ3) is 2.84. The van der Waals surface area contributed by atoms with E-state index in [1.807, 2.05) is 19.1 Å². The van der Waals surface area contributed by atoms with Crippen LogP contribution >= 0.6 is 0 Å². The highest BCUT2D eigenvalue weighted by atomic mass is 16.6. The molecule has 0 radical (unpaired) electrons. The molecule has 0 spiro atoms. The van der Waals surface area contributed by atoms with E-state index < -0.39 is 0 Å². The highest BCUT2D eigenvalue weighted by molar-refractivity contribution is 5.49. The lowest BCUT2D eigenvalue weighted by molar-refractivity contribution is 0.0860. The van der Waals surface area contributed by atoms with Crippen molar-refractivity contribution >= 4 is 0 Å². The van der Waals surface area contributed by atoms with Crippen LogP contribution in [0.5, 0.6) is 11.5 Å². The molecule has 0 fully saturated rings. The maximum Gasteiger partial charge on any atom is 0.165 e. The quantitative estimate of drug-likeness (QED) is 0.752. The van der Waals surface area contributed by atoms with Crippen molar-refractivity contribution < 1.29 is 14.3 Å². The summed E-state index contributed by atoms with van der Waals surface area (Å²) in [6.45, 7) is 2.59. The number of nitrogens with one attached hydrogen (secondary N) is 1. The lowest BCUT2D eigenvalue weighted by atomic mass is 10.1. The van der Waals surface area contributed by atoms with Crippen molar-refractivity contribution in [3.05, 3.63) is 23.3 Å². The number of hydrogen-bond donors (Lipinski definition) is 1. The second-order valence-corrected chi connectivity index (χ2v) is 3.18. The SMILES string of the molecule is CONCc1cc(C)cc(OC)c1OC. The van der Waals surface area contributed by atoms with Crippen LogP contribution in [-0.2, 0) is 11.4 Å². The van der Waals surface area contributed by atoms with Gasteiger partial charge in [0.05, 0.1) is 21.3 Å². The van der Waals surface area contributed by atoms with E-state index in [2.05, 4.69) is 5.48 Å². The van der Waals surface area contributed by atoms with E-state index in [-0.39, 0.29) is 0 Å². The summed E-state index contributed by atoms with van der Waals surface area (Å²) in [4.78, 5) is 4.81. The Hall–Kier alpha value is -1.26. The lowest BCUT2D eigenvalue weighted by Gasteiger charge is -2.13. The van der Waals surface area contributed by atoms with Gasteiger partial charge < -0.3 is 14.3 Å². The lowest BCUT2D eigenvalue weighted by Crippen LogP contribution is -2.12. The van der Waals surface area contributed by atoms with Crippen LogP contribution in [0.25, 0.3) is 0 Å². The van der Waals surface area contributed by atoms with E-state index in [9.17, 15) is 0 Å². The van der Waals surface area contributed by atoms with E-state index in [1.54, 1.807) is 21.3 Å². The minimum Gasteiger partial charge on any atom is -0.493 e. The minimum absolute atomic E-state index is 0.581. The third-order valence-corrected chi connectivity index (χ3v) is 2.11. The molecular weight excluding hydrogens is 194 g/mol. The maximum absolute atomic E-state index is 5.30. The van der Waals surface area contributed by atoms with E-state index in [0.29, 0.717) is 6.54 Å². The number of aryl methyl sites for hydroxylation is 1. The average Bonchev–Trinajstić information content (AvgIpc) is 2.25. The summed E-state index contributed by atoms with van der Waals surface area (Å²) in [5.74, 6) is 1.48. The van der Waals surface area contributed by atoms with Crippen LogP contribution in [0.4, 0.5) is 0 Å². The van der Waals surface area contributed by atoms with Gasteiger partial charge >= 0.3 is 0 Å². The largest absolute Gasteiger partial charge is 0.493 e. The summed E-state index contributed by atoms with van der Waals surface area (Å²) >= 11 is 0. The molecule has 0 unspecified atom stereocenters. The van der Waals surface area contributed by atoms with Gasteiger partial charge in [0.15, 0.2) is 11.5 Å². The number of hydrogen-bond acceptors (Lipinski definition) is 4. The third-order valence-electron chi connectivity index (χ3n) is 2.11. The summed E-state index contributed by atoms with van der Waals surface area (Å²) in [6.07, 6.45) is 0. The highest BCUT2D eigenvalue weighted by Gasteiger charge is 2.10. The van der Waals surface area contributed by atoms with Crippen LogP contribution < -0.4 is 15.0 Å². The van der Waals surface area contributed by atoms with Crippen molar-refractivity contribution in [1.82, 2.24) is 5.48 Å². The van der Waals surface area contributed by atoms with Crippen molar-refractivity contribution in [3.63, 3.8) is 0 Å². The second kappa shape index (κ2) is 5.58. The van der Waals surface area contributed by atoms with Crippen LogP contribution in [0.3, 0.4) is 0 Å². The molecule has 0 saturated carbocycles. The van der Waals surface area contributed by atoms with E-state index in [4.69, 9.17) is 14.3 Å². The van der Waals surface area contributed by atoms with Crippen molar-refractivity contribution in [2.24, 2.45) is 0 Å². The summed E-state index contributed by atoms with van der Waals surface area (Å²) < 4.78 is 10.5. The molecule has 0 bridgehead atoms. The molecule has 15 heavy (non-hydrogen) atoms. The first-order valence-electron chi connectivity index (χ1n) is 4.70. The molecule has 0 aromatic heterocycles. The minimum atomic E-state index is 0.581. The molecule has 1 aromatic rings. The Morgan fingerprint density at radius 1 is 1.13 bits per heavy atom. The van der Waals surface area contributed by atoms with Crippen LogP contribution in [0.15, 0.2) is 12.1 Å². The van der Waals surface area contributed by atoms with E-state index in [1.165, 1.54) is 0 Å². The predicted molar refractivity (Wildman–Crippen MR) is 58.1 cm³/mol. The van der Waals surface area contributed by atoms with Gasteiger partial charge in [0.1, 0.15) is 0 Å². The highest BCUT2D eigenvalue weighted by Crippen LogP contribution is 2.32. The zero-order valence-electron chi connectivity index (χ0n) is 9.59. The molecule has 4 nitrogen and oxygen atoms in total. The van der Waals surface area contributed by atoms with Gasteiger partial charge in [-0.3, -0.25) is 0 Å². The molecule has 0 aliphatic rings. The molecule has 0 heterocycles. The molecule has 1 rings (SSSR count). The number of rotatable bonds is 5. The Morgan fingerprint density at radius 2 is 1.87 bits per heavy atom. The van der Waals surface area contributed by atoms with Gasteiger partial charge in [-0.15, -0.1) is 0 Å². The van der Waals surface area contributed by atoms with Crippen LogP contribution in [0.1, 0.15) is 11.1 Å². The second-order valence-electron chi connectivity index (χ2n) is 3.18. The fourth-order valence-corrected chi connectivity index (χ4v) is 1.48. The van der Waals surface area contributed by atoms with Crippen LogP contribution in [0.2, 0.25) is 0 Å². The van der Waals surface area contributed by atoms with Crippen molar-refractivity contribution in [3.8, 4) is 11.5 Å². The van der Waals surface area contributed by atoms with E-state index >= 15 is 0 Å². The number of methoxy groups -OCH3 is 2. The molecule has 0 aliphatic heterocycles. The number of benzene rings is 1. The molecule has 0 aliphatic carbocycles. The first kappa shape index (κ1) is 11.8. The summed E-state index contributed by atoms with van der Waals surface area (Å²) in [5.41, 5.74) is 4.92. The Bertz CT molecular complexity index is 326. The zero-order chi connectivity index (χ0) is 11.3. The van der Waals surface area contributed by atoms with Gasteiger partial charge in [-0.2, -0.15) is 5.48 Å². The van der Waals surface area contributed by atoms with Crippen molar-refractivity contribution in [2.75, 3.05) is 21.3 Å². The van der Waals surface area contributed by atoms with Crippen LogP contribution in [0, 0.1) is 6.92 Å². The summed E-state index contributed by atoms with van der Waals surface area (Å²) in [5, 5.41) is 0. The van der Waals surface area contributed by atoms with Crippen molar-refractivity contribution in [1.29, 1.82) is 0 Å². The van der Waals surface area contributed by atoms with Crippen molar-refractivity contribution in [2.45, 2.75) is 13.5 Å². The van der Waals surface area contributed by atoms with Gasteiger partial charge in [-0.05, 0) is 18.6 Å². The molecular formula is C11H17NO3.